The normalized spacial score (nSPS) is 15.5. The number of rotatable bonds is 3. The maximum Gasteiger partial charge on any atom is 0.288 e. The number of aromatic nitrogens is 1. The van der Waals surface area contributed by atoms with Crippen molar-refractivity contribution < 1.29 is 9.72 Å². The van der Waals surface area contributed by atoms with Gasteiger partial charge in [0.05, 0.1) is 23.1 Å². The zero-order valence-corrected chi connectivity index (χ0v) is 11.8. The molecule has 0 aliphatic carbocycles. The van der Waals surface area contributed by atoms with E-state index in [0.717, 1.165) is 12.3 Å². The highest BCUT2D eigenvalue weighted by Crippen LogP contribution is 2.21. The molecule has 1 saturated heterocycles. The second kappa shape index (κ2) is 6.47. The van der Waals surface area contributed by atoms with Gasteiger partial charge in [-0.3, -0.25) is 19.8 Å². The summed E-state index contributed by atoms with van der Waals surface area (Å²) in [4.78, 5) is 29.6. The number of nitriles is 1. The summed E-state index contributed by atoms with van der Waals surface area (Å²) < 4.78 is 0. The molecule has 1 aliphatic rings. The Bertz CT molecular complexity index is 607. The Morgan fingerprint density at radius 3 is 2.71 bits per heavy atom. The van der Waals surface area contributed by atoms with Gasteiger partial charge in [0, 0.05) is 32.2 Å². The van der Waals surface area contributed by atoms with E-state index in [1.165, 1.54) is 0 Å². The summed E-state index contributed by atoms with van der Waals surface area (Å²) in [6.07, 6.45) is 1.02. The summed E-state index contributed by atoms with van der Waals surface area (Å²) in [6, 6.07) is 3.20. The molecule has 110 valence electrons. The largest absolute Gasteiger partial charge is 0.336 e. The average molecular weight is 310 g/mol. The monoisotopic (exact) mass is 309 g/mol. The Morgan fingerprint density at radius 1 is 1.48 bits per heavy atom. The number of nitrogens with zero attached hydrogens (tertiary/aromatic N) is 5. The predicted octanol–water partition coefficient (Wildman–Crippen LogP) is 0.925. The molecule has 0 radical (unpaired) electrons. The van der Waals surface area contributed by atoms with E-state index in [9.17, 15) is 14.9 Å². The molecule has 9 heteroatoms. The van der Waals surface area contributed by atoms with E-state index in [1.807, 2.05) is 4.90 Å². The second-order valence-corrected chi connectivity index (χ2v) is 4.87. The van der Waals surface area contributed by atoms with Gasteiger partial charge in [-0.2, -0.15) is 5.26 Å². The Balaban J connectivity index is 2.12. The molecule has 1 aliphatic heterocycles. The third-order valence-corrected chi connectivity index (χ3v) is 3.52. The van der Waals surface area contributed by atoms with Crippen LogP contribution >= 0.6 is 11.6 Å². The first-order chi connectivity index (χ1) is 10.0. The van der Waals surface area contributed by atoms with Gasteiger partial charge >= 0.3 is 0 Å². The van der Waals surface area contributed by atoms with Crippen LogP contribution in [-0.2, 0) is 0 Å². The molecule has 0 N–H and O–H groups in total. The molecule has 0 spiro atoms. The number of piperazine rings is 1. The Morgan fingerprint density at radius 2 is 2.14 bits per heavy atom. The summed E-state index contributed by atoms with van der Waals surface area (Å²) in [5.41, 5.74) is -0.245. The van der Waals surface area contributed by atoms with Crippen molar-refractivity contribution in [3.63, 3.8) is 0 Å². The number of hydrogen-bond acceptors (Lipinski definition) is 6. The van der Waals surface area contributed by atoms with Crippen LogP contribution in [0.2, 0.25) is 5.15 Å². The molecule has 8 nitrogen and oxygen atoms in total. The molecule has 0 saturated carbocycles. The van der Waals surface area contributed by atoms with Gasteiger partial charge in [0.1, 0.15) is 11.3 Å². The molecular weight excluding hydrogens is 298 g/mol. The highest BCUT2D eigenvalue weighted by molar-refractivity contribution is 6.32. The minimum absolute atomic E-state index is 0.0274. The molecule has 1 amide bonds. The molecule has 0 aromatic carbocycles. The lowest BCUT2D eigenvalue weighted by Gasteiger charge is -2.33. The van der Waals surface area contributed by atoms with Crippen molar-refractivity contribution >= 4 is 23.2 Å². The Labute approximate surface area is 125 Å². The average Bonchev–Trinajstić information content (AvgIpc) is 2.48. The minimum Gasteiger partial charge on any atom is -0.336 e. The quantitative estimate of drug-likeness (QED) is 0.356. The van der Waals surface area contributed by atoms with Crippen LogP contribution in [0.3, 0.4) is 0 Å². The van der Waals surface area contributed by atoms with Crippen LogP contribution in [0.1, 0.15) is 10.4 Å². The topological polar surface area (TPSA) is 103 Å². The molecular formula is C12H12ClN5O3. The van der Waals surface area contributed by atoms with Crippen LogP contribution in [0.4, 0.5) is 5.69 Å². The molecule has 0 atom stereocenters. The molecule has 1 aromatic heterocycles. The van der Waals surface area contributed by atoms with E-state index in [0.29, 0.717) is 32.7 Å². The summed E-state index contributed by atoms with van der Waals surface area (Å²) in [7, 11) is 0. The van der Waals surface area contributed by atoms with Crippen LogP contribution in [-0.4, -0.2) is 58.3 Å². The zero-order valence-electron chi connectivity index (χ0n) is 11.0. The number of hydrogen-bond donors (Lipinski definition) is 0. The Hall–Kier alpha value is -2.24. The van der Waals surface area contributed by atoms with Crippen molar-refractivity contribution in [3.8, 4) is 6.07 Å². The third-order valence-electron chi connectivity index (χ3n) is 3.22. The first-order valence-corrected chi connectivity index (χ1v) is 6.59. The van der Waals surface area contributed by atoms with E-state index in [-0.39, 0.29) is 22.3 Å². The maximum atomic E-state index is 12.4. The molecule has 1 aromatic rings. The highest BCUT2D eigenvalue weighted by Gasteiger charge is 2.25. The predicted molar refractivity (Wildman–Crippen MR) is 73.9 cm³/mol. The fourth-order valence-corrected chi connectivity index (χ4v) is 2.25. The van der Waals surface area contributed by atoms with Gasteiger partial charge in [-0.15, -0.1) is 0 Å². The van der Waals surface area contributed by atoms with Crippen LogP contribution in [0.15, 0.2) is 12.3 Å². The van der Waals surface area contributed by atoms with E-state index in [1.54, 1.807) is 4.90 Å². The zero-order chi connectivity index (χ0) is 15.4. The number of amides is 1. The lowest BCUT2D eigenvalue weighted by Crippen LogP contribution is -2.48. The SMILES string of the molecule is N#CCN1CCN(C(=O)c2cc([N+](=O)[O-])cnc2Cl)CC1. The van der Waals surface area contributed by atoms with Crippen molar-refractivity contribution in [2.45, 2.75) is 0 Å². The van der Waals surface area contributed by atoms with Gasteiger partial charge in [0.15, 0.2) is 0 Å². The second-order valence-electron chi connectivity index (χ2n) is 4.52. The summed E-state index contributed by atoms with van der Waals surface area (Å²) in [6.45, 7) is 2.37. The van der Waals surface area contributed by atoms with Crippen molar-refractivity contribution in [3.05, 3.63) is 33.1 Å². The standard InChI is InChI=1S/C12H12ClN5O3/c13-11-10(7-9(8-15-11)18(20)21)12(19)17-5-3-16(2-1-14)4-6-17/h7-8H,2-6H2. The van der Waals surface area contributed by atoms with Crippen LogP contribution in [0, 0.1) is 21.4 Å². The summed E-state index contributed by atoms with van der Waals surface area (Å²) in [5.74, 6) is -0.382. The van der Waals surface area contributed by atoms with Gasteiger partial charge < -0.3 is 4.90 Å². The number of carbonyl (C=O) groups excluding carboxylic acids is 1. The van der Waals surface area contributed by atoms with Crippen molar-refractivity contribution in [2.24, 2.45) is 0 Å². The Kier molecular flexibility index (Phi) is 4.67. The lowest BCUT2D eigenvalue weighted by molar-refractivity contribution is -0.385. The van der Waals surface area contributed by atoms with Crippen molar-refractivity contribution in [1.82, 2.24) is 14.8 Å². The van der Waals surface area contributed by atoms with E-state index in [2.05, 4.69) is 11.1 Å². The number of halogens is 1. The lowest BCUT2D eigenvalue weighted by atomic mass is 10.2. The first kappa shape index (κ1) is 15.2. The van der Waals surface area contributed by atoms with E-state index >= 15 is 0 Å². The first-order valence-electron chi connectivity index (χ1n) is 6.21. The smallest absolute Gasteiger partial charge is 0.288 e. The molecule has 2 rings (SSSR count). The maximum absolute atomic E-state index is 12.4. The van der Waals surface area contributed by atoms with Crippen LogP contribution in [0.5, 0.6) is 0 Å². The molecule has 0 unspecified atom stereocenters. The summed E-state index contributed by atoms with van der Waals surface area (Å²) in [5, 5.41) is 19.3. The number of pyridine rings is 1. The number of carbonyl (C=O) groups is 1. The number of nitro groups is 1. The molecule has 2 heterocycles. The van der Waals surface area contributed by atoms with Crippen molar-refractivity contribution in [2.75, 3.05) is 32.7 Å². The van der Waals surface area contributed by atoms with Gasteiger partial charge in [0.25, 0.3) is 11.6 Å². The fourth-order valence-electron chi connectivity index (χ4n) is 2.07. The minimum atomic E-state index is -0.620. The summed E-state index contributed by atoms with van der Waals surface area (Å²) >= 11 is 5.86. The fraction of sp³-hybridized carbons (Fsp3) is 0.417. The van der Waals surface area contributed by atoms with Gasteiger partial charge in [-0.05, 0) is 0 Å². The van der Waals surface area contributed by atoms with Crippen LogP contribution in [0.25, 0.3) is 0 Å². The van der Waals surface area contributed by atoms with Gasteiger partial charge in [-0.1, -0.05) is 11.6 Å². The van der Waals surface area contributed by atoms with E-state index in [4.69, 9.17) is 16.9 Å². The molecule has 0 bridgehead atoms. The highest BCUT2D eigenvalue weighted by atomic mass is 35.5. The molecule has 1 fully saturated rings. The van der Waals surface area contributed by atoms with Crippen LogP contribution < -0.4 is 0 Å². The van der Waals surface area contributed by atoms with Gasteiger partial charge in [-0.25, -0.2) is 4.98 Å². The van der Waals surface area contributed by atoms with E-state index < -0.39 is 4.92 Å². The van der Waals surface area contributed by atoms with Gasteiger partial charge in [0.2, 0.25) is 0 Å². The van der Waals surface area contributed by atoms with Crippen molar-refractivity contribution in [1.29, 1.82) is 5.26 Å². The third kappa shape index (κ3) is 3.45. The molecule has 21 heavy (non-hydrogen) atoms.